The molecule has 350 valence electrons. The molecule has 9 heteroatoms. The summed E-state index contributed by atoms with van der Waals surface area (Å²) in [6, 6.07) is 69.3. The zero-order chi connectivity index (χ0) is 47.8. The molecule has 8 aromatic carbocycles. The first-order valence-electron chi connectivity index (χ1n) is 23.3. The summed E-state index contributed by atoms with van der Waals surface area (Å²) in [5.41, 5.74) is 9.83. The van der Waals surface area contributed by atoms with Crippen LogP contribution in [0, 0.1) is 13.8 Å². The molecular weight excluding hydrogens is 992 g/mol. The second-order valence-electron chi connectivity index (χ2n) is 16.8. The molecule has 0 radical (unpaired) electrons. The standard InChI is InChI=1S/C48H36N2O4S2.2C7H7.Zr/c51-45-37(29-55-47(45)49-39-21-7-1-15-31(39)32-16-2-8-22-40(32)49)35-19-5-11-25-43(35)53-27-13-14-28-54-44-26-12-6-20-36(44)38-30-56-48(46(38)52)50-41-23-9-3-17-33(41)34-18-4-10-24-42(34)50;2*1-7-5-3-2-4-6-7;/h1-12,15-26,29-30,51-52H,13-14,27-28H2;2*2-6H,1H2;/q;2*-1;/p+2. The molecule has 4 N–H and O–H groups in total. The van der Waals surface area contributed by atoms with E-state index in [0.717, 1.165) is 111 Å². The molecule has 0 aliphatic heterocycles. The Bertz CT molecular complexity index is 3340. The Morgan fingerprint density at radius 2 is 0.662 bits per heavy atom. The summed E-state index contributed by atoms with van der Waals surface area (Å²) in [7, 11) is 0. The van der Waals surface area contributed by atoms with E-state index < -0.39 is 0 Å². The van der Waals surface area contributed by atoms with Crippen molar-refractivity contribution < 1.29 is 45.9 Å². The number of thiophene rings is 2. The van der Waals surface area contributed by atoms with Crippen molar-refractivity contribution in [2.24, 2.45) is 0 Å². The average Bonchev–Trinajstić information content (AvgIpc) is 4.16. The number of hydrogen-bond donors (Lipinski definition) is 2. The number of ether oxygens (including phenoxy) is 2. The zero-order valence-electron chi connectivity index (χ0n) is 39.0. The van der Waals surface area contributed by atoms with Gasteiger partial charge >= 0.3 is 0 Å². The van der Waals surface area contributed by atoms with E-state index >= 15 is 0 Å². The molecule has 4 heterocycles. The van der Waals surface area contributed by atoms with Gasteiger partial charge in [0.1, 0.15) is 10.0 Å². The minimum absolute atomic E-state index is 0. The number of para-hydroxylation sites is 6. The third-order valence-electron chi connectivity index (χ3n) is 12.3. The van der Waals surface area contributed by atoms with E-state index in [2.05, 4.69) is 95.8 Å². The first-order valence-corrected chi connectivity index (χ1v) is 25.1. The molecule has 0 aliphatic carbocycles. The molecule has 12 aromatic rings. The number of aliphatic hydroxyl groups is 2. The Labute approximate surface area is 441 Å². The molecule has 0 atom stereocenters. The monoisotopic (exact) mass is 1040 g/mol. The fourth-order valence-corrected chi connectivity index (χ4v) is 10.9. The van der Waals surface area contributed by atoms with Gasteiger partial charge in [0.05, 0.1) is 33.2 Å². The molecule has 12 rings (SSSR count). The van der Waals surface area contributed by atoms with Gasteiger partial charge in [0, 0.05) is 94.6 Å². The number of benzene rings is 8. The summed E-state index contributed by atoms with van der Waals surface area (Å²) < 4.78 is 14.3. The minimum Gasteiger partial charge on any atom is -0.582 e. The topological polar surface area (TPSA) is 75.9 Å². The molecule has 0 fully saturated rings. The van der Waals surface area contributed by atoms with Gasteiger partial charge in [-0.2, -0.15) is 49.2 Å². The Hall–Kier alpha value is -7.42. The fourth-order valence-electron chi connectivity index (χ4n) is 8.92. The van der Waals surface area contributed by atoms with Gasteiger partial charge in [-0.05, 0) is 36.4 Å². The number of nitrogens with zero attached hydrogens (tertiary/aromatic N) is 2. The Morgan fingerprint density at radius 1 is 0.366 bits per heavy atom. The molecule has 0 unspecified atom stereocenters. The summed E-state index contributed by atoms with van der Waals surface area (Å²) in [4.78, 5) is 0. The van der Waals surface area contributed by atoms with Gasteiger partial charge in [0.25, 0.3) is 11.5 Å². The SMILES string of the molecule is Oc1c(-c2ccccc2[OH+]CCCC[OH+]c2ccccc2-c2csc(-n3c4ccccc4c4ccccc43)c2O)csc1-n1c2ccccc2c2ccccc21.[CH2-]c1ccccc1.[CH2-]c1ccccc1.[Zr]. The molecule has 6 nitrogen and oxygen atoms in total. The van der Waals surface area contributed by atoms with Crippen LogP contribution in [0.1, 0.15) is 24.0 Å². The minimum atomic E-state index is 0. The van der Waals surface area contributed by atoms with Crippen molar-refractivity contribution in [1.82, 2.24) is 9.13 Å². The van der Waals surface area contributed by atoms with Crippen molar-refractivity contribution in [3.05, 3.63) is 242 Å². The van der Waals surface area contributed by atoms with E-state index in [1.807, 2.05) is 144 Å². The normalized spacial score (nSPS) is 10.9. The largest absolute Gasteiger partial charge is 0.582 e. The number of unbranched alkanes of at least 4 members (excludes halogenated alkanes) is 1. The van der Waals surface area contributed by atoms with Crippen molar-refractivity contribution >= 4 is 66.3 Å². The van der Waals surface area contributed by atoms with E-state index in [0.29, 0.717) is 13.2 Å². The third kappa shape index (κ3) is 10.3. The molecule has 0 bridgehead atoms. The van der Waals surface area contributed by atoms with Crippen LogP contribution in [0.4, 0.5) is 0 Å². The quantitative estimate of drug-likeness (QED) is 0.0769. The summed E-state index contributed by atoms with van der Waals surface area (Å²) in [6.07, 6.45) is 1.73. The Kier molecular flexibility index (Phi) is 15.4. The van der Waals surface area contributed by atoms with Crippen LogP contribution in [-0.2, 0) is 26.2 Å². The van der Waals surface area contributed by atoms with Gasteiger partial charge in [-0.1, -0.05) is 109 Å². The van der Waals surface area contributed by atoms with Crippen LogP contribution < -0.4 is 0 Å². The average molecular weight is 1040 g/mol. The molecule has 0 saturated heterocycles. The first-order chi connectivity index (χ1) is 34.5. The number of rotatable bonds is 11. The smallest absolute Gasteiger partial charge is 0.262 e. The predicted molar refractivity (Wildman–Crippen MR) is 296 cm³/mol. The molecular formula is C62H52N2O4S2Zr. The Balaban J connectivity index is 0.000000360. The van der Waals surface area contributed by atoms with Crippen LogP contribution >= 0.6 is 22.7 Å². The number of aromatic nitrogens is 2. The summed E-state index contributed by atoms with van der Waals surface area (Å²) in [5.74, 6) is 2.26. The second-order valence-corrected chi connectivity index (χ2v) is 18.5. The zero-order valence-corrected chi connectivity index (χ0v) is 43.1. The number of hydrogen-bond acceptors (Lipinski definition) is 4. The predicted octanol–water partition coefficient (Wildman–Crippen LogP) is 16.4. The van der Waals surface area contributed by atoms with E-state index in [-0.39, 0.29) is 37.7 Å². The second kappa shape index (κ2) is 22.6. The molecule has 0 spiro atoms. The third-order valence-corrected chi connectivity index (χ3v) is 14.2. The van der Waals surface area contributed by atoms with E-state index in [9.17, 15) is 10.2 Å². The van der Waals surface area contributed by atoms with Gasteiger partial charge in [-0.3, -0.25) is 9.13 Å². The molecule has 4 aromatic heterocycles. The van der Waals surface area contributed by atoms with Crippen LogP contribution in [0.15, 0.2) is 217 Å². The molecule has 71 heavy (non-hydrogen) atoms. The van der Waals surface area contributed by atoms with Gasteiger partial charge in [-0.25, -0.2) is 0 Å². The van der Waals surface area contributed by atoms with E-state index in [1.54, 1.807) is 22.7 Å². The van der Waals surface area contributed by atoms with Crippen molar-refractivity contribution in [3.8, 4) is 55.3 Å². The van der Waals surface area contributed by atoms with Crippen molar-refractivity contribution in [2.75, 3.05) is 13.2 Å². The Morgan fingerprint density at radius 3 is 0.986 bits per heavy atom. The fraction of sp³-hybridized carbons (Fsp3) is 0.0645. The van der Waals surface area contributed by atoms with Gasteiger partial charge in [0.15, 0.2) is 24.7 Å². The maximum Gasteiger partial charge on any atom is 0.262 e. The number of fused-ring (bicyclic) bond motifs is 6. The van der Waals surface area contributed by atoms with Crippen LogP contribution in [0.3, 0.4) is 0 Å². The van der Waals surface area contributed by atoms with E-state index in [4.69, 9.17) is 9.47 Å². The summed E-state index contributed by atoms with van der Waals surface area (Å²) in [5, 5.41) is 33.8. The first kappa shape index (κ1) is 48.6. The van der Waals surface area contributed by atoms with Crippen LogP contribution in [0.2, 0.25) is 0 Å². The maximum atomic E-state index is 11.7. The molecule has 0 saturated carbocycles. The molecule has 0 aliphatic rings. The van der Waals surface area contributed by atoms with Gasteiger partial charge < -0.3 is 19.7 Å². The van der Waals surface area contributed by atoms with E-state index in [1.165, 1.54) is 0 Å². The van der Waals surface area contributed by atoms with Crippen LogP contribution in [0.5, 0.6) is 23.0 Å². The summed E-state index contributed by atoms with van der Waals surface area (Å²) in [6.45, 7) is 8.73. The molecule has 0 amide bonds. The van der Waals surface area contributed by atoms with Gasteiger partial charge in [-0.15, -0.1) is 46.9 Å². The maximum absolute atomic E-state index is 11.7. The van der Waals surface area contributed by atoms with Crippen LogP contribution in [-0.4, -0.2) is 42.0 Å². The summed E-state index contributed by atoms with van der Waals surface area (Å²) >= 11 is 3.09. The van der Waals surface area contributed by atoms with Crippen LogP contribution in [0.25, 0.3) is 75.9 Å². The van der Waals surface area contributed by atoms with Crippen molar-refractivity contribution in [2.45, 2.75) is 12.8 Å². The number of aromatic hydroxyl groups is 4. The van der Waals surface area contributed by atoms with Crippen molar-refractivity contribution in [3.63, 3.8) is 0 Å². The van der Waals surface area contributed by atoms with Crippen molar-refractivity contribution in [1.29, 1.82) is 0 Å². The van der Waals surface area contributed by atoms with Gasteiger partial charge in [0.2, 0.25) is 0 Å².